The lowest BCUT2D eigenvalue weighted by Crippen LogP contribution is -2.37. The Morgan fingerprint density at radius 3 is 2.41 bits per heavy atom. The van der Waals surface area contributed by atoms with Gasteiger partial charge in [-0.05, 0) is 30.2 Å². The van der Waals surface area contributed by atoms with E-state index in [4.69, 9.17) is 4.74 Å². The summed E-state index contributed by atoms with van der Waals surface area (Å²) in [6.45, 7) is 1.30. The van der Waals surface area contributed by atoms with Crippen molar-refractivity contribution in [1.29, 1.82) is 0 Å². The first-order chi connectivity index (χ1) is 13.8. The van der Waals surface area contributed by atoms with Gasteiger partial charge in [-0.2, -0.15) is 0 Å². The van der Waals surface area contributed by atoms with Crippen molar-refractivity contribution in [2.45, 2.75) is 18.2 Å². The number of esters is 1. The van der Waals surface area contributed by atoms with Gasteiger partial charge in [-0.15, -0.1) is 0 Å². The molecule has 0 radical (unpaired) electrons. The van der Waals surface area contributed by atoms with Crippen molar-refractivity contribution < 1.29 is 23.3 Å². The highest BCUT2D eigenvalue weighted by molar-refractivity contribution is 7.84. The van der Waals surface area contributed by atoms with E-state index in [2.05, 4.69) is 5.32 Å². The number of aryl methyl sites for hydroxylation is 1. The van der Waals surface area contributed by atoms with E-state index < -0.39 is 29.3 Å². The quantitative estimate of drug-likeness (QED) is 0.666. The smallest absolute Gasteiger partial charge is 0.339 e. The van der Waals surface area contributed by atoms with E-state index in [1.807, 2.05) is 25.1 Å². The zero-order valence-electron chi connectivity index (χ0n) is 16.6. The minimum atomic E-state index is -1.36. The van der Waals surface area contributed by atoms with Crippen molar-refractivity contribution in [2.24, 2.45) is 0 Å². The van der Waals surface area contributed by atoms with Gasteiger partial charge < -0.3 is 15.0 Å². The normalized spacial score (nSPS) is 11.4. The van der Waals surface area contributed by atoms with Crippen LogP contribution in [0, 0.1) is 0 Å². The Morgan fingerprint density at radius 2 is 1.72 bits per heavy atom. The van der Waals surface area contributed by atoms with Crippen LogP contribution in [0.3, 0.4) is 0 Å². The van der Waals surface area contributed by atoms with Crippen molar-refractivity contribution in [3.63, 3.8) is 0 Å². The molecular formula is C21H24N2O5S. The molecule has 1 atom stereocenters. The number of rotatable bonds is 8. The third kappa shape index (κ3) is 6.25. The molecule has 1 N–H and O–H groups in total. The summed E-state index contributed by atoms with van der Waals surface area (Å²) in [6.07, 6.45) is 2.23. The van der Waals surface area contributed by atoms with Gasteiger partial charge in [-0.3, -0.25) is 13.8 Å². The van der Waals surface area contributed by atoms with Gasteiger partial charge in [0.2, 0.25) is 5.91 Å². The summed E-state index contributed by atoms with van der Waals surface area (Å²) in [5, 5.41) is 2.78. The molecule has 0 aliphatic heterocycles. The van der Waals surface area contributed by atoms with Crippen molar-refractivity contribution in [1.82, 2.24) is 4.90 Å². The summed E-state index contributed by atoms with van der Waals surface area (Å²) in [5.41, 5.74) is 1.85. The minimum absolute atomic E-state index is 0.151. The Kier molecular flexibility index (Phi) is 8.09. The summed E-state index contributed by atoms with van der Waals surface area (Å²) in [6, 6.07) is 13.8. The van der Waals surface area contributed by atoms with Gasteiger partial charge in [-0.25, -0.2) is 4.79 Å². The Labute approximate surface area is 172 Å². The highest BCUT2D eigenvalue weighted by Crippen LogP contribution is 2.15. The molecule has 0 bridgehead atoms. The van der Waals surface area contributed by atoms with Gasteiger partial charge >= 0.3 is 5.97 Å². The maximum absolute atomic E-state index is 12.2. The summed E-state index contributed by atoms with van der Waals surface area (Å²) >= 11 is 0. The number of para-hydroxylation sites is 1. The number of carbonyl (C=O) groups is 3. The highest BCUT2D eigenvalue weighted by Gasteiger charge is 2.19. The van der Waals surface area contributed by atoms with Crippen molar-refractivity contribution in [3.05, 3.63) is 59.7 Å². The average Bonchev–Trinajstić information content (AvgIpc) is 2.71. The third-order valence-corrected chi connectivity index (χ3v) is 5.20. The second kappa shape index (κ2) is 10.5. The SMILES string of the molecule is CCc1ccccc1NC(=O)CN(C)C(=O)COC(=O)c1ccccc1[S@@](C)=O. The summed E-state index contributed by atoms with van der Waals surface area (Å²) in [5.74, 6) is -1.61. The molecule has 2 aromatic rings. The van der Waals surface area contributed by atoms with E-state index in [1.54, 1.807) is 24.3 Å². The van der Waals surface area contributed by atoms with Gasteiger partial charge in [0.05, 0.1) is 27.8 Å². The second-order valence-corrected chi connectivity index (χ2v) is 7.68. The predicted molar refractivity (Wildman–Crippen MR) is 111 cm³/mol. The van der Waals surface area contributed by atoms with Crippen LogP contribution in [0.1, 0.15) is 22.8 Å². The molecule has 2 aromatic carbocycles. The maximum atomic E-state index is 12.2. The van der Waals surface area contributed by atoms with E-state index in [-0.39, 0.29) is 18.0 Å². The number of carbonyl (C=O) groups excluding carboxylic acids is 3. The maximum Gasteiger partial charge on any atom is 0.339 e. The van der Waals surface area contributed by atoms with Crippen LogP contribution in [0.2, 0.25) is 0 Å². The van der Waals surface area contributed by atoms with E-state index in [1.165, 1.54) is 24.3 Å². The molecule has 0 unspecified atom stereocenters. The number of hydrogen-bond donors (Lipinski definition) is 1. The molecule has 154 valence electrons. The predicted octanol–water partition coefficient (Wildman–Crippen LogP) is 2.24. The zero-order chi connectivity index (χ0) is 21.4. The summed E-state index contributed by atoms with van der Waals surface area (Å²) in [4.78, 5) is 38.2. The molecule has 2 amide bonds. The van der Waals surface area contributed by atoms with E-state index in [0.717, 1.165) is 12.0 Å². The first-order valence-corrected chi connectivity index (χ1v) is 10.6. The Balaban J connectivity index is 1.90. The number of likely N-dealkylation sites (N-methyl/N-ethyl adjacent to an activating group) is 1. The van der Waals surface area contributed by atoms with Crippen LogP contribution in [0.5, 0.6) is 0 Å². The molecule has 0 fully saturated rings. The summed E-state index contributed by atoms with van der Waals surface area (Å²) < 4.78 is 16.8. The lowest BCUT2D eigenvalue weighted by Gasteiger charge is -2.17. The van der Waals surface area contributed by atoms with Crippen LogP contribution in [0.15, 0.2) is 53.4 Å². The third-order valence-electron chi connectivity index (χ3n) is 4.22. The fraction of sp³-hybridized carbons (Fsp3) is 0.286. The van der Waals surface area contributed by atoms with Gasteiger partial charge in [0.25, 0.3) is 5.91 Å². The lowest BCUT2D eigenvalue weighted by molar-refractivity contribution is -0.136. The van der Waals surface area contributed by atoms with Crippen LogP contribution in [-0.4, -0.2) is 53.3 Å². The minimum Gasteiger partial charge on any atom is -0.452 e. The largest absolute Gasteiger partial charge is 0.452 e. The van der Waals surface area contributed by atoms with Crippen LogP contribution >= 0.6 is 0 Å². The molecule has 0 spiro atoms. The number of nitrogens with one attached hydrogen (secondary N) is 1. The molecule has 0 aromatic heterocycles. The van der Waals surface area contributed by atoms with Crippen LogP contribution < -0.4 is 5.32 Å². The highest BCUT2D eigenvalue weighted by atomic mass is 32.2. The molecule has 0 aliphatic carbocycles. The number of benzene rings is 2. The van der Waals surface area contributed by atoms with E-state index in [0.29, 0.717) is 10.6 Å². The fourth-order valence-corrected chi connectivity index (χ4v) is 3.38. The molecular weight excluding hydrogens is 392 g/mol. The molecule has 8 heteroatoms. The molecule has 2 rings (SSSR count). The second-order valence-electron chi connectivity index (χ2n) is 6.34. The number of nitrogens with zero attached hydrogens (tertiary/aromatic N) is 1. The lowest BCUT2D eigenvalue weighted by atomic mass is 10.1. The monoisotopic (exact) mass is 416 g/mol. The first kappa shape index (κ1) is 22.3. The number of ether oxygens (including phenoxy) is 1. The van der Waals surface area contributed by atoms with Crippen molar-refractivity contribution >= 4 is 34.3 Å². The fourth-order valence-electron chi connectivity index (χ4n) is 2.65. The van der Waals surface area contributed by atoms with Crippen molar-refractivity contribution in [2.75, 3.05) is 31.8 Å². The molecule has 0 heterocycles. The van der Waals surface area contributed by atoms with E-state index in [9.17, 15) is 18.6 Å². The van der Waals surface area contributed by atoms with Crippen LogP contribution in [0.25, 0.3) is 0 Å². The zero-order valence-corrected chi connectivity index (χ0v) is 17.5. The molecule has 0 saturated heterocycles. The van der Waals surface area contributed by atoms with Crippen LogP contribution in [-0.2, 0) is 31.5 Å². The number of anilines is 1. The Bertz CT molecular complexity index is 929. The molecule has 7 nitrogen and oxygen atoms in total. The van der Waals surface area contributed by atoms with Crippen molar-refractivity contribution in [3.8, 4) is 0 Å². The van der Waals surface area contributed by atoms with Crippen LogP contribution in [0.4, 0.5) is 5.69 Å². The topological polar surface area (TPSA) is 92.8 Å². The van der Waals surface area contributed by atoms with E-state index >= 15 is 0 Å². The van der Waals surface area contributed by atoms with Gasteiger partial charge in [0, 0.05) is 19.0 Å². The molecule has 0 aliphatic rings. The number of hydrogen-bond acceptors (Lipinski definition) is 5. The summed E-state index contributed by atoms with van der Waals surface area (Å²) in [7, 11) is 0.0914. The molecule has 0 saturated carbocycles. The van der Waals surface area contributed by atoms with Gasteiger partial charge in [0.1, 0.15) is 0 Å². The van der Waals surface area contributed by atoms with Gasteiger partial charge in [-0.1, -0.05) is 37.3 Å². The Hall–Kier alpha value is -3.00. The van der Waals surface area contributed by atoms with Gasteiger partial charge in [0.15, 0.2) is 6.61 Å². The number of amides is 2. The molecule has 29 heavy (non-hydrogen) atoms. The standard InChI is InChI=1S/C21H24N2O5S/c1-4-15-9-5-7-11-17(15)22-19(24)13-23(2)20(25)14-28-21(26)16-10-6-8-12-18(16)29(3)27/h5-12H,4,13-14H2,1-3H3,(H,22,24)/t29-/m1/s1. The Morgan fingerprint density at radius 1 is 1.07 bits per heavy atom. The average molecular weight is 416 g/mol. The first-order valence-electron chi connectivity index (χ1n) is 9.04.